The number of nitrogens with two attached hydrogens (primary N) is 1. The lowest BCUT2D eigenvalue weighted by Crippen LogP contribution is -2.49. The van der Waals surface area contributed by atoms with Gasteiger partial charge >= 0.3 is 0 Å². The van der Waals surface area contributed by atoms with Crippen molar-refractivity contribution >= 4 is 29.9 Å². The third-order valence-corrected chi connectivity index (χ3v) is 5.04. The molecule has 23 heavy (non-hydrogen) atoms. The van der Waals surface area contributed by atoms with Crippen LogP contribution < -0.4 is 5.73 Å². The van der Waals surface area contributed by atoms with Gasteiger partial charge in [-0.3, -0.25) is 9.89 Å². The minimum absolute atomic E-state index is 0. The van der Waals surface area contributed by atoms with Gasteiger partial charge in [0, 0.05) is 31.7 Å². The van der Waals surface area contributed by atoms with Gasteiger partial charge in [0.1, 0.15) is 0 Å². The molecule has 1 saturated heterocycles. The first-order chi connectivity index (χ1) is 10.6. The van der Waals surface area contributed by atoms with Crippen molar-refractivity contribution in [3.8, 4) is 0 Å². The highest BCUT2D eigenvalue weighted by Crippen LogP contribution is 2.25. The average Bonchev–Trinajstić information content (AvgIpc) is 3.07. The second-order valence-electron chi connectivity index (χ2n) is 7.12. The predicted molar refractivity (Wildman–Crippen MR) is 107 cm³/mol. The third-order valence-electron chi connectivity index (χ3n) is 5.04. The van der Waals surface area contributed by atoms with Crippen molar-refractivity contribution in [2.45, 2.75) is 45.2 Å². The van der Waals surface area contributed by atoms with E-state index in [0.717, 1.165) is 45.1 Å². The molecular formula is C18H29IN4. The highest BCUT2D eigenvalue weighted by Gasteiger charge is 2.29. The lowest BCUT2D eigenvalue weighted by molar-refractivity contribution is 0.111. The van der Waals surface area contributed by atoms with Crippen LogP contribution in [0, 0.1) is 0 Å². The molecule has 128 valence electrons. The summed E-state index contributed by atoms with van der Waals surface area (Å²) in [7, 11) is 0. The summed E-state index contributed by atoms with van der Waals surface area (Å²) < 4.78 is 0. The van der Waals surface area contributed by atoms with Crippen LogP contribution in [0.4, 0.5) is 0 Å². The topological polar surface area (TPSA) is 44.9 Å². The van der Waals surface area contributed by atoms with Crippen LogP contribution in [-0.2, 0) is 13.0 Å². The summed E-state index contributed by atoms with van der Waals surface area (Å²) in [5, 5.41) is 0. The second-order valence-corrected chi connectivity index (χ2v) is 7.12. The number of fused-ring (bicyclic) bond motifs is 1. The minimum Gasteiger partial charge on any atom is -0.370 e. The summed E-state index contributed by atoms with van der Waals surface area (Å²) in [5.41, 5.74) is 9.14. The van der Waals surface area contributed by atoms with Gasteiger partial charge in [0.25, 0.3) is 0 Å². The van der Waals surface area contributed by atoms with E-state index in [-0.39, 0.29) is 29.5 Å². The molecule has 0 unspecified atom stereocenters. The van der Waals surface area contributed by atoms with Gasteiger partial charge in [-0.15, -0.1) is 24.0 Å². The van der Waals surface area contributed by atoms with Crippen molar-refractivity contribution in [3.63, 3.8) is 0 Å². The molecule has 0 atom stereocenters. The molecule has 2 N–H and O–H groups in total. The summed E-state index contributed by atoms with van der Waals surface area (Å²) in [4.78, 5) is 9.44. The monoisotopic (exact) mass is 428 g/mol. The number of nitrogens with zero attached hydrogens (tertiary/aromatic N) is 3. The van der Waals surface area contributed by atoms with Gasteiger partial charge < -0.3 is 10.6 Å². The Morgan fingerprint density at radius 2 is 1.78 bits per heavy atom. The van der Waals surface area contributed by atoms with E-state index in [2.05, 4.69) is 52.9 Å². The Morgan fingerprint density at radius 3 is 2.48 bits per heavy atom. The average molecular weight is 428 g/mol. The van der Waals surface area contributed by atoms with Gasteiger partial charge in [-0.1, -0.05) is 24.3 Å². The third kappa shape index (κ3) is 4.38. The number of guanidine groups is 1. The molecule has 0 amide bonds. The van der Waals surface area contributed by atoms with Crippen LogP contribution in [0.25, 0.3) is 0 Å². The fourth-order valence-electron chi connectivity index (χ4n) is 3.43. The largest absolute Gasteiger partial charge is 0.370 e. The van der Waals surface area contributed by atoms with E-state index in [1.165, 1.54) is 24.0 Å². The van der Waals surface area contributed by atoms with E-state index >= 15 is 0 Å². The van der Waals surface area contributed by atoms with Crippen LogP contribution in [0.3, 0.4) is 0 Å². The van der Waals surface area contributed by atoms with Crippen molar-refractivity contribution in [2.75, 3.05) is 26.2 Å². The van der Waals surface area contributed by atoms with E-state index in [4.69, 9.17) is 5.73 Å². The lowest BCUT2D eigenvalue weighted by Gasteiger charge is -2.41. The number of rotatable bonds is 3. The molecule has 4 nitrogen and oxygen atoms in total. The zero-order valence-electron chi connectivity index (χ0n) is 14.3. The van der Waals surface area contributed by atoms with Crippen molar-refractivity contribution in [2.24, 2.45) is 10.7 Å². The van der Waals surface area contributed by atoms with Crippen LogP contribution in [0.15, 0.2) is 29.3 Å². The van der Waals surface area contributed by atoms with Crippen LogP contribution in [0.2, 0.25) is 0 Å². The first kappa shape index (κ1) is 18.5. The Bertz CT molecular complexity index is 550. The van der Waals surface area contributed by atoms with Crippen LogP contribution in [-0.4, -0.2) is 47.5 Å². The first-order valence-electron chi connectivity index (χ1n) is 8.43. The molecule has 2 aliphatic heterocycles. The SMILES string of the molecule is CC(C)(CN=C(N)N1CCCC1)N1CCc2ccccc2C1.I. The molecule has 0 radical (unpaired) electrons. The van der Waals surface area contributed by atoms with Crippen LogP contribution in [0.5, 0.6) is 0 Å². The Balaban J connectivity index is 0.00000192. The maximum Gasteiger partial charge on any atom is 0.191 e. The quantitative estimate of drug-likeness (QED) is 0.458. The van der Waals surface area contributed by atoms with Crippen molar-refractivity contribution in [1.29, 1.82) is 0 Å². The zero-order valence-corrected chi connectivity index (χ0v) is 16.6. The number of hydrogen-bond acceptors (Lipinski definition) is 2. The van der Waals surface area contributed by atoms with Crippen molar-refractivity contribution in [3.05, 3.63) is 35.4 Å². The van der Waals surface area contributed by atoms with Gasteiger partial charge in [0.2, 0.25) is 0 Å². The summed E-state index contributed by atoms with van der Waals surface area (Å²) in [5.74, 6) is 0.725. The summed E-state index contributed by atoms with van der Waals surface area (Å²) in [6.45, 7) is 9.56. The van der Waals surface area contributed by atoms with Crippen LogP contribution in [0.1, 0.15) is 37.8 Å². The highest BCUT2D eigenvalue weighted by molar-refractivity contribution is 14.0. The molecule has 0 aromatic heterocycles. The smallest absolute Gasteiger partial charge is 0.191 e. The predicted octanol–water partition coefficient (Wildman–Crippen LogP) is 2.85. The van der Waals surface area contributed by atoms with Gasteiger partial charge in [-0.2, -0.15) is 0 Å². The Kier molecular flexibility index (Phi) is 6.31. The molecule has 1 fully saturated rings. The zero-order chi connectivity index (χ0) is 15.6. The van der Waals surface area contributed by atoms with E-state index in [0.29, 0.717) is 0 Å². The highest BCUT2D eigenvalue weighted by atomic mass is 127. The van der Waals surface area contributed by atoms with Gasteiger partial charge in [0.05, 0.1) is 6.54 Å². The maximum atomic E-state index is 6.15. The van der Waals surface area contributed by atoms with Gasteiger partial charge in [0.15, 0.2) is 5.96 Å². The molecule has 2 aliphatic rings. The van der Waals surface area contributed by atoms with Crippen molar-refractivity contribution in [1.82, 2.24) is 9.80 Å². The summed E-state index contributed by atoms with van der Waals surface area (Å²) in [6.07, 6.45) is 3.61. The maximum absolute atomic E-state index is 6.15. The minimum atomic E-state index is 0. The molecular weight excluding hydrogens is 399 g/mol. The molecule has 3 rings (SSSR count). The Morgan fingerprint density at radius 1 is 1.13 bits per heavy atom. The van der Waals surface area contributed by atoms with Gasteiger partial charge in [-0.05, 0) is 44.2 Å². The van der Waals surface area contributed by atoms with E-state index in [9.17, 15) is 0 Å². The number of aliphatic imine (C=N–C) groups is 1. The molecule has 2 heterocycles. The lowest BCUT2D eigenvalue weighted by atomic mass is 9.94. The number of hydrogen-bond donors (Lipinski definition) is 1. The number of benzene rings is 1. The molecule has 0 aliphatic carbocycles. The normalized spacial score (nSPS) is 19.4. The molecule has 0 saturated carbocycles. The first-order valence-corrected chi connectivity index (χ1v) is 8.43. The van der Waals surface area contributed by atoms with E-state index in [1.54, 1.807) is 0 Å². The molecule has 1 aromatic rings. The fraction of sp³-hybridized carbons (Fsp3) is 0.611. The number of halogens is 1. The second kappa shape index (κ2) is 7.83. The van der Waals surface area contributed by atoms with Gasteiger partial charge in [-0.25, -0.2) is 0 Å². The summed E-state index contributed by atoms with van der Waals surface area (Å²) >= 11 is 0. The Hall–Kier alpha value is -0.820. The van der Waals surface area contributed by atoms with Crippen molar-refractivity contribution < 1.29 is 0 Å². The molecule has 1 aromatic carbocycles. The standard InChI is InChI=1S/C18H28N4.HI/c1-18(2,14-20-17(19)21-10-5-6-11-21)22-12-9-15-7-3-4-8-16(15)13-22;/h3-4,7-8H,5-6,9-14H2,1-2H3,(H2,19,20);1H. The van der Waals surface area contributed by atoms with Crippen LogP contribution >= 0.6 is 24.0 Å². The van der Waals surface area contributed by atoms with E-state index < -0.39 is 0 Å². The Labute approximate surface area is 157 Å². The molecule has 0 bridgehead atoms. The summed E-state index contributed by atoms with van der Waals surface area (Å²) in [6, 6.07) is 8.78. The fourth-order valence-corrected chi connectivity index (χ4v) is 3.43. The van der Waals surface area contributed by atoms with E-state index in [1.807, 2.05) is 0 Å². The number of likely N-dealkylation sites (tertiary alicyclic amines) is 1. The molecule has 5 heteroatoms. The molecule has 0 spiro atoms.